The van der Waals surface area contributed by atoms with Gasteiger partial charge in [0.2, 0.25) is 5.91 Å². The van der Waals surface area contributed by atoms with Gasteiger partial charge in [-0.3, -0.25) is 4.79 Å². The van der Waals surface area contributed by atoms with Crippen LogP contribution in [0.4, 0.5) is 0 Å². The highest BCUT2D eigenvalue weighted by Crippen LogP contribution is 2.25. The van der Waals surface area contributed by atoms with Crippen LogP contribution in [-0.2, 0) is 4.79 Å². The van der Waals surface area contributed by atoms with Crippen molar-refractivity contribution in [2.45, 2.75) is 44.6 Å². The van der Waals surface area contributed by atoms with Crippen LogP contribution in [-0.4, -0.2) is 43.0 Å². The number of likely N-dealkylation sites (N-methyl/N-ethyl adjacent to an activating group) is 1. The number of nitrogens with one attached hydrogen (secondary N) is 1. The van der Waals surface area contributed by atoms with E-state index in [0.29, 0.717) is 6.54 Å². The van der Waals surface area contributed by atoms with Crippen LogP contribution >= 0.6 is 0 Å². The molecule has 4 heteroatoms. The first-order chi connectivity index (χ1) is 7.58. The SMILES string of the molecule is CCN(C)CCNC(=O)C1(N)CCCCC1. The summed E-state index contributed by atoms with van der Waals surface area (Å²) >= 11 is 0. The Morgan fingerprint density at radius 3 is 2.56 bits per heavy atom. The molecule has 94 valence electrons. The van der Waals surface area contributed by atoms with E-state index in [9.17, 15) is 4.79 Å². The van der Waals surface area contributed by atoms with Crippen molar-refractivity contribution in [2.24, 2.45) is 5.73 Å². The fourth-order valence-corrected chi connectivity index (χ4v) is 2.10. The second-order valence-electron chi connectivity index (χ2n) is 4.87. The van der Waals surface area contributed by atoms with E-state index in [1.165, 1.54) is 6.42 Å². The quantitative estimate of drug-likeness (QED) is 0.727. The molecule has 1 amide bonds. The third-order valence-electron chi connectivity index (χ3n) is 3.52. The van der Waals surface area contributed by atoms with Crippen LogP contribution in [0.25, 0.3) is 0 Å². The van der Waals surface area contributed by atoms with Crippen LogP contribution in [0.1, 0.15) is 39.0 Å². The molecule has 0 atom stereocenters. The molecule has 0 bridgehead atoms. The van der Waals surface area contributed by atoms with Gasteiger partial charge in [-0.25, -0.2) is 0 Å². The molecule has 1 saturated carbocycles. The number of carbonyl (C=O) groups is 1. The summed E-state index contributed by atoms with van der Waals surface area (Å²) in [4.78, 5) is 14.1. The molecule has 1 fully saturated rings. The maximum Gasteiger partial charge on any atom is 0.240 e. The fraction of sp³-hybridized carbons (Fsp3) is 0.917. The smallest absolute Gasteiger partial charge is 0.240 e. The van der Waals surface area contributed by atoms with Gasteiger partial charge >= 0.3 is 0 Å². The molecule has 0 unspecified atom stereocenters. The lowest BCUT2D eigenvalue weighted by Crippen LogP contribution is -2.55. The van der Waals surface area contributed by atoms with Crippen LogP contribution < -0.4 is 11.1 Å². The van der Waals surface area contributed by atoms with Gasteiger partial charge in [0.25, 0.3) is 0 Å². The monoisotopic (exact) mass is 227 g/mol. The number of carbonyl (C=O) groups excluding carboxylic acids is 1. The largest absolute Gasteiger partial charge is 0.353 e. The van der Waals surface area contributed by atoms with Crippen molar-refractivity contribution < 1.29 is 4.79 Å². The maximum absolute atomic E-state index is 11.9. The van der Waals surface area contributed by atoms with E-state index in [1.54, 1.807) is 0 Å². The van der Waals surface area contributed by atoms with Crippen molar-refractivity contribution in [1.29, 1.82) is 0 Å². The Kier molecular flexibility index (Phi) is 5.22. The average molecular weight is 227 g/mol. The minimum atomic E-state index is -0.594. The molecule has 3 N–H and O–H groups in total. The van der Waals surface area contributed by atoms with Crippen LogP contribution in [0, 0.1) is 0 Å². The van der Waals surface area contributed by atoms with E-state index in [2.05, 4.69) is 17.1 Å². The van der Waals surface area contributed by atoms with E-state index in [-0.39, 0.29) is 5.91 Å². The van der Waals surface area contributed by atoms with Crippen LogP contribution in [0.3, 0.4) is 0 Å². The highest BCUT2D eigenvalue weighted by atomic mass is 16.2. The average Bonchev–Trinajstić information content (AvgIpc) is 2.29. The summed E-state index contributed by atoms with van der Waals surface area (Å²) in [6.45, 7) is 4.69. The third kappa shape index (κ3) is 3.76. The summed E-state index contributed by atoms with van der Waals surface area (Å²) in [6.07, 6.45) is 5.05. The Balaban J connectivity index is 2.28. The van der Waals surface area contributed by atoms with Gasteiger partial charge in [0.1, 0.15) is 0 Å². The lowest BCUT2D eigenvalue weighted by molar-refractivity contribution is -0.127. The number of hydrogen-bond donors (Lipinski definition) is 2. The van der Waals surface area contributed by atoms with Crippen molar-refractivity contribution in [1.82, 2.24) is 10.2 Å². The van der Waals surface area contributed by atoms with Gasteiger partial charge in [0.05, 0.1) is 5.54 Å². The summed E-state index contributed by atoms with van der Waals surface area (Å²) < 4.78 is 0. The zero-order valence-electron chi connectivity index (χ0n) is 10.6. The summed E-state index contributed by atoms with van der Waals surface area (Å²) in [5.74, 6) is 0.0386. The molecule has 0 aromatic carbocycles. The minimum Gasteiger partial charge on any atom is -0.353 e. The highest BCUT2D eigenvalue weighted by Gasteiger charge is 2.34. The Morgan fingerprint density at radius 2 is 2.00 bits per heavy atom. The zero-order chi connectivity index (χ0) is 12.0. The summed E-state index contributed by atoms with van der Waals surface area (Å²) in [5.41, 5.74) is 5.53. The molecule has 0 aromatic heterocycles. The van der Waals surface area contributed by atoms with E-state index < -0.39 is 5.54 Å². The summed E-state index contributed by atoms with van der Waals surface area (Å²) in [7, 11) is 2.05. The van der Waals surface area contributed by atoms with Crippen molar-refractivity contribution in [3.63, 3.8) is 0 Å². The second-order valence-corrected chi connectivity index (χ2v) is 4.87. The molecule has 0 aromatic rings. The van der Waals surface area contributed by atoms with E-state index in [1.807, 2.05) is 7.05 Å². The molecule has 1 aliphatic rings. The molecule has 0 heterocycles. The molecule has 16 heavy (non-hydrogen) atoms. The normalized spacial score (nSPS) is 19.8. The summed E-state index contributed by atoms with van der Waals surface area (Å²) in [6, 6.07) is 0. The van der Waals surface area contributed by atoms with Gasteiger partial charge in [-0.1, -0.05) is 26.2 Å². The lowest BCUT2D eigenvalue weighted by atomic mass is 9.82. The molecule has 4 nitrogen and oxygen atoms in total. The topological polar surface area (TPSA) is 58.4 Å². The lowest BCUT2D eigenvalue weighted by Gasteiger charge is -2.32. The van der Waals surface area contributed by atoms with Crippen LogP contribution in [0.5, 0.6) is 0 Å². The Hall–Kier alpha value is -0.610. The summed E-state index contributed by atoms with van der Waals surface area (Å²) in [5, 5.41) is 2.95. The first-order valence-corrected chi connectivity index (χ1v) is 6.34. The first kappa shape index (κ1) is 13.5. The van der Waals surface area contributed by atoms with Crippen molar-refractivity contribution >= 4 is 5.91 Å². The Labute approximate surface area is 98.6 Å². The molecule has 0 radical (unpaired) electrons. The molecule has 0 aliphatic heterocycles. The van der Waals surface area contributed by atoms with Crippen molar-refractivity contribution in [3.05, 3.63) is 0 Å². The second kappa shape index (κ2) is 6.21. The van der Waals surface area contributed by atoms with Gasteiger partial charge in [-0.15, -0.1) is 0 Å². The Bertz CT molecular complexity index is 224. The number of amides is 1. The minimum absolute atomic E-state index is 0.0386. The molecule has 1 aliphatic carbocycles. The maximum atomic E-state index is 11.9. The predicted molar refractivity (Wildman–Crippen MR) is 66.2 cm³/mol. The van der Waals surface area contributed by atoms with Crippen molar-refractivity contribution in [3.8, 4) is 0 Å². The highest BCUT2D eigenvalue weighted by molar-refractivity contribution is 5.86. The van der Waals surface area contributed by atoms with Crippen LogP contribution in [0.15, 0.2) is 0 Å². The molecular weight excluding hydrogens is 202 g/mol. The van der Waals surface area contributed by atoms with Gasteiger partial charge < -0.3 is 16.0 Å². The van der Waals surface area contributed by atoms with Gasteiger partial charge in [0, 0.05) is 13.1 Å². The van der Waals surface area contributed by atoms with Gasteiger partial charge in [0.15, 0.2) is 0 Å². The number of rotatable bonds is 5. The predicted octanol–water partition coefficient (Wildman–Crippen LogP) is 0.716. The number of nitrogens with two attached hydrogens (primary N) is 1. The van der Waals surface area contributed by atoms with E-state index in [0.717, 1.165) is 38.8 Å². The standard InChI is InChI=1S/C12H25N3O/c1-3-15(2)10-9-14-11(16)12(13)7-5-4-6-8-12/h3-10,13H2,1-2H3,(H,14,16). The van der Waals surface area contributed by atoms with Gasteiger partial charge in [-0.05, 0) is 26.4 Å². The number of nitrogens with zero attached hydrogens (tertiary/aromatic N) is 1. The number of hydrogen-bond acceptors (Lipinski definition) is 3. The zero-order valence-corrected chi connectivity index (χ0v) is 10.6. The van der Waals surface area contributed by atoms with Gasteiger partial charge in [-0.2, -0.15) is 0 Å². The third-order valence-corrected chi connectivity index (χ3v) is 3.52. The van der Waals surface area contributed by atoms with Crippen LogP contribution in [0.2, 0.25) is 0 Å². The molecule has 1 rings (SSSR count). The first-order valence-electron chi connectivity index (χ1n) is 6.34. The Morgan fingerprint density at radius 1 is 1.38 bits per heavy atom. The van der Waals surface area contributed by atoms with E-state index in [4.69, 9.17) is 5.73 Å². The molecular formula is C12H25N3O. The van der Waals surface area contributed by atoms with Crippen molar-refractivity contribution in [2.75, 3.05) is 26.7 Å². The van der Waals surface area contributed by atoms with E-state index >= 15 is 0 Å². The molecule has 0 spiro atoms. The molecule has 0 saturated heterocycles. The fourth-order valence-electron chi connectivity index (χ4n) is 2.10.